The van der Waals surface area contributed by atoms with Crippen LogP contribution in [-0.4, -0.2) is 41.8 Å². The van der Waals surface area contributed by atoms with Crippen molar-refractivity contribution < 1.29 is 9.53 Å². The molecular formula is C26H26N4O2S. The third-order valence-electron chi connectivity index (χ3n) is 5.81. The highest BCUT2D eigenvalue weighted by Crippen LogP contribution is 2.39. The first-order valence-electron chi connectivity index (χ1n) is 11.1. The summed E-state index contributed by atoms with van der Waals surface area (Å²) in [6.45, 7) is 5.83. The second-order valence-electron chi connectivity index (χ2n) is 8.05. The molecule has 6 nitrogen and oxygen atoms in total. The molecule has 0 atom stereocenters. The van der Waals surface area contributed by atoms with Gasteiger partial charge >= 0.3 is 0 Å². The van der Waals surface area contributed by atoms with Gasteiger partial charge in [-0.15, -0.1) is 11.3 Å². The van der Waals surface area contributed by atoms with E-state index in [4.69, 9.17) is 4.74 Å². The summed E-state index contributed by atoms with van der Waals surface area (Å²) in [6, 6.07) is 20.2. The number of carbonyl (C=O) groups is 1. The largest absolute Gasteiger partial charge is 0.378 e. The Hall–Kier alpha value is -3.42. The zero-order valence-corrected chi connectivity index (χ0v) is 19.3. The molecule has 1 N–H and O–H groups in total. The number of nitrogens with zero attached hydrogens (tertiary/aromatic N) is 3. The molecule has 1 aliphatic heterocycles. The minimum Gasteiger partial charge on any atom is -0.378 e. The average Bonchev–Trinajstić information content (AvgIpc) is 3.48. The molecule has 0 saturated carbocycles. The van der Waals surface area contributed by atoms with E-state index in [-0.39, 0.29) is 5.91 Å². The summed E-state index contributed by atoms with van der Waals surface area (Å²) in [5.74, 6) is 0.894. The predicted octanol–water partition coefficient (Wildman–Crippen LogP) is 5.06. The lowest BCUT2D eigenvalue weighted by Gasteiger charge is -2.28. The van der Waals surface area contributed by atoms with Crippen LogP contribution in [0.3, 0.4) is 0 Å². The highest BCUT2D eigenvalue weighted by Gasteiger charge is 2.22. The highest BCUT2D eigenvalue weighted by molar-refractivity contribution is 7.18. The second-order valence-corrected chi connectivity index (χ2v) is 9.08. The van der Waals surface area contributed by atoms with Gasteiger partial charge in [0.2, 0.25) is 0 Å². The molecule has 2 aromatic heterocycles. The molecule has 2 aromatic carbocycles. The Balaban J connectivity index is 1.35. The van der Waals surface area contributed by atoms with Crippen LogP contribution in [0.4, 0.5) is 10.7 Å². The minimum atomic E-state index is -0.0881. The fourth-order valence-corrected chi connectivity index (χ4v) is 5.10. The van der Waals surface area contributed by atoms with Gasteiger partial charge in [-0.3, -0.25) is 4.79 Å². The van der Waals surface area contributed by atoms with Crippen LogP contribution in [0.1, 0.15) is 21.1 Å². The number of carbonyl (C=O) groups excluding carboxylic acids is 1. The van der Waals surface area contributed by atoms with Crippen LogP contribution in [0.2, 0.25) is 0 Å². The summed E-state index contributed by atoms with van der Waals surface area (Å²) in [5.41, 5.74) is 4.16. The summed E-state index contributed by atoms with van der Waals surface area (Å²) in [6.07, 6.45) is 3.78. The smallest absolute Gasteiger partial charge is 0.265 e. The van der Waals surface area contributed by atoms with Crippen LogP contribution in [0.15, 0.2) is 73.1 Å². The van der Waals surface area contributed by atoms with Crippen LogP contribution >= 0.6 is 11.3 Å². The molecule has 0 bridgehead atoms. The first-order chi connectivity index (χ1) is 16.2. The molecule has 1 saturated heterocycles. The van der Waals surface area contributed by atoms with Gasteiger partial charge < -0.3 is 19.5 Å². The van der Waals surface area contributed by atoms with Gasteiger partial charge in [0.05, 0.1) is 23.1 Å². The Morgan fingerprint density at radius 1 is 1.09 bits per heavy atom. The van der Waals surface area contributed by atoms with E-state index in [0.29, 0.717) is 18.1 Å². The van der Waals surface area contributed by atoms with Gasteiger partial charge in [0, 0.05) is 43.3 Å². The van der Waals surface area contributed by atoms with Crippen molar-refractivity contribution in [2.24, 2.45) is 0 Å². The standard InChI is InChI=1S/C26H26N4O2S/c1-19-27-11-12-30(19)18-20-7-9-22(10-8-20)28-25(31)24-17-23(21-5-3-2-4-6-21)26(33-24)29-13-15-32-16-14-29/h2-12,17H,13-16,18H2,1H3,(H,28,31). The molecule has 1 fully saturated rings. The van der Waals surface area contributed by atoms with Crippen LogP contribution < -0.4 is 10.2 Å². The number of nitrogens with one attached hydrogen (secondary N) is 1. The second kappa shape index (κ2) is 9.60. The van der Waals surface area contributed by atoms with Crippen molar-refractivity contribution in [1.29, 1.82) is 0 Å². The van der Waals surface area contributed by atoms with Crippen molar-refractivity contribution in [1.82, 2.24) is 9.55 Å². The van der Waals surface area contributed by atoms with Crippen LogP contribution in [0.25, 0.3) is 11.1 Å². The van der Waals surface area contributed by atoms with Gasteiger partial charge in [-0.05, 0) is 36.2 Å². The first kappa shape index (κ1) is 21.4. The molecule has 3 heterocycles. The van der Waals surface area contributed by atoms with Crippen molar-refractivity contribution >= 4 is 27.9 Å². The summed E-state index contributed by atoms with van der Waals surface area (Å²) in [4.78, 5) is 20.4. The summed E-state index contributed by atoms with van der Waals surface area (Å²) in [7, 11) is 0. The molecule has 33 heavy (non-hydrogen) atoms. The summed E-state index contributed by atoms with van der Waals surface area (Å²) in [5, 5.41) is 4.19. The third-order valence-corrected chi connectivity index (χ3v) is 7.00. The van der Waals surface area contributed by atoms with Gasteiger partial charge in [-0.2, -0.15) is 0 Å². The van der Waals surface area contributed by atoms with E-state index in [1.165, 1.54) is 0 Å². The van der Waals surface area contributed by atoms with E-state index in [2.05, 4.69) is 31.9 Å². The molecule has 0 unspecified atom stereocenters. The van der Waals surface area contributed by atoms with Crippen molar-refractivity contribution in [3.63, 3.8) is 0 Å². The van der Waals surface area contributed by atoms with Crippen molar-refractivity contribution in [2.75, 3.05) is 36.5 Å². The van der Waals surface area contributed by atoms with E-state index in [1.54, 1.807) is 17.5 Å². The Morgan fingerprint density at radius 2 is 1.85 bits per heavy atom. The van der Waals surface area contributed by atoms with E-state index >= 15 is 0 Å². The number of amides is 1. The predicted molar refractivity (Wildman–Crippen MR) is 133 cm³/mol. The number of imidazole rings is 1. The molecule has 7 heteroatoms. The number of rotatable bonds is 6. The Labute approximate surface area is 197 Å². The molecule has 168 valence electrons. The lowest BCUT2D eigenvalue weighted by Crippen LogP contribution is -2.35. The maximum absolute atomic E-state index is 13.1. The van der Waals surface area contributed by atoms with Crippen LogP contribution in [-0.2, 0) is 11.3 Å². The van der Waals surface area contributed by atoms with Crippen molar-refractivity contribution in [3.05, 3.63) is 89.3 Å². The molecule has 0 spiro atoms. The van der Waals surface area contributed by atoms with Crippen molar-refractivity contribution in [3.8, 4) is 11.1 Å². The van der Waals surface area contributed by atoms with Gasteiger partial charge in [0.15, 0.2) is 0 Å². The number of benzene rings is 2. The number of thiophene rings is 1. The van der Waals surface area contributed by atoms with Gasteiger partial charge in [-0.1, -0.05) is 42.5 Å². The lowest BCUT2D eigenvalue weighted by atomic mass is 10.1. The quantitative estimate of drug-likeness (QED) is 0.439. The molecule has 0 aliphatic carbocycles. The fourth-order valence-electron chi connectivity index (χ4n) is 3.97. The third kappa shape index (κ3) is 4.84. The zero-order valence-electron chi connectivity index (χ0n) is 18.5. The number of morpholine rings is 1. The minimum absolute atomic E-state index is 0.0881. The van der Waals surface area contributed by atoms with Crippen LogP contribution in [0, 0.1) is 6.92 Å². The number of hydrogen-bond acceptors (Lipinski definition) is 5. The number of anilines is 2. The Kier molecular flexibility index (Phi) is 6.24. The number of aryl methyl sites for hydroxylation is 1. The number of aromatic nitrogens is 2. The Bertz CT molecular complexity index is 1220. The molecule has 0 radical (unpaired) electrons. The highest BCUT2D eigenvalue weighted by atomic mass is 32.1. The van der Waals surface area contributed by atoms with Gasteiger partial charge in [-0.25, -0.2) is 4.98 Å². The van der Waals surface area contributed by atoms with E-state index < -0.39 is 0 Å². The molecular weight excluding hydrogens is 432 g/mol. The summed E-state index contributed by atoms with van der Waals surface area (Å²) < 4.78 is 7.62. The van der Waals surface area contributed by atoms with E-state index in [1.807, 2.05) is 61.7 Å². The zero-order chi connectivity index (χ0) is 22.6. The SMILES string of the molecule is Cc1nccn1Cc1ccc(NC(=O)c2cc(-c3ccccc3)c(N3CCOCC3)s2)cc1. The monoisotopic (exact) mass is 458 g/mol. The maximum atomic E-state index is 13.1. The summed E-state index contributed by atoms with van der Waals surface area (Å²) >= 11 is 1.54. The Morgan fingerprint density at radius 3 is 2.55 bits per heavy atom. The van der Waals surface area contributed by atoms with E-state index in [9.17, 15) is 4.79 Å². The lowest BCUT2D eigenvalue weighted by molar-refractivity contribution is 0.103. The normalized spacial score (nSPS) is 13.8. The first-order valence-corrected chi connectivity index (χ1v) is 11.9. The fraction of sp³-hybridized carbons (Fsp3) is 0.231. The van der Waals surface area contributed by atoms with Crippen molar-refractivity contribution in [2.45, 2.75) is 13.5 Å². The van der Waals surface area contributed by atoms with E-state index in [0.717, 1.165) is 52.8 Å². The molecule has 1 aliphatic rings. The molecule has 1 amide bonds. The number of ether oxygens (including phenoxy) is 1. The topological polar surface area (TPSA) is 59.4 Å². The molecule has 5 rings (SSSR count). The van der Waals surface area contributed by atoms with Crippen LogP contribution in [0.5, 0.6) is 0 Å². The molecule has 4 aromatic rings. The van der Waals surface area contributed by atoms with Gasteiger partial charge in [0.1, 0.15) is 5.82 Å². The average molecular weight is 459 g/mol. The maximum Gasteiger partial charge on any atom is 0.265 e. The van der Waals surface area contributed by atoms with Gasteiger partial charge in [0.25, 0.3) is 5.91 Å². The number of hydrogen-bond donors (Lipinski definition) is 1.